The van der Waals surface area contributed by atoms with Gasteiger partial charge < -0.3 is 14.6 Å². The van der Waals surface area contributed by atoms with Gasteiger partial charge in [0.15, 0.2) is 21.3 Å². The van der Waals surface area contributed by atoms with Crippen LogP contribution in [0.4, 0.5) is 0 Å². The molecular weight excluding hydrogens is 272 g/mol. The summed E-state index contributed by atoms with van der Waals surface area (Å²) < 4.78 is 34.7. The highest BCUT2D eigenvalue weighted by Crippen LogP contribution is 2.32. The second-order valence-corrected chi connectivity index (χ2v) is 6.36. The minimum Gasteiger partial charge on any atom is -0.486 e. The summed E-state index contributed by atoms with van der Waals surface area (Å²) in [6.45, 7) is 2.15. The number of carboxylic acids is 1. The number of hydrogen-bond acceptors (Lipinski definition) is 5. The van der Waals surface area contributed by atoms with Crippen LogP contribution in [0.15, 0.2) is 23.1 Å². The summed E-state index contributed by atoms with van der Waals surface area (Å²) in [7, 11) is -3.65. The lowest BCUT2D eigenvalue weighted by atomic mass is 10.2. The Kier molecular flexibility index (Phi) is 3.66. The monoisotopic (exact) mass is 286 g/mol. The van der Waals surface area contributed by atoms with E-state index in [1.54, 1.807) is 0 Å². The van der Waals surface area contributed by atoms with Gasteiger partial charge in [-0.1, -0.05) is 6.92 Å². The maximum Gasteiger partial charge on any atom is 0.307 e. The van der Waals surface area contributed by atoms with Crippen molar-refractivity contribution in [3.63, 3.8) is 0 Å². The number of carbonyl (C=O) groups is 1. The van der Waals surface area contributed by atoms with Crippen molar-refractivity contribution in [1.82, 2.24) is 0 Å². The summed E-state index contributed by atoms with van der Waals surface area (Å²) in [4.78, 5) is 10.8. The first kappa shape index (κ1) is 13.7. The second kappa shape index (κ2) is 5.08. The van der Waals surface area contributed by atoms with E-state index in [0.717, 1.165) is 0 Å². The Morgan fingerprint density at radius 1 is 1.32 bits per heavy atom. The molecule has 0 fully saturated rings. The lowest BCUT2D eigenvalue weighted by Gasteiger charge is -2.19. The lowest BCUT2D eigenvalue weighted by Crippen LogP contribution is -2.21. The van der Waals surface area contributed by atoms with E-state index in [4.69, 9.17) is 14.6 Å². The van der Waals surface area contributed by atoms with Gasteiger partial charge in [0.1, 0.15) is 13.2 Å². The average Bonchev–Trinajstić information content (AvgIpc) is 2.37. The summed E-state index contributed by atoms with van der Waals surface area (Å²) in [6, 6.07) is 4.29. The number of aliphatic carboxylic acids is 1. The van der Waals surface area contributed by atoms with Crippen molar-refractivity contribution in [3.05, 3.63) is 18.2 Å². The Bertz CT molecular complexity index is 592. The molecule has 1 heterocycles. The van der Waals surface area contributed by atoms with Gasteiger partial charge >= 0.3 is 5.97 Å². The SMILES string of the molecule is CC(CS(=O)(=O)c1ccc2c(c1)OCCO2)C(=O)O. The van der Waals surface area contributed by atoms with Crippen molar-refractivity contribution < 1.29 is 27.8 Å². The first-order valence-corrected chi connectivity index (χ1v) is 7.40. The zero-order valence-electron chi connectivity index (χ0n) is 10.3. The fourth-order valence-corrected chi connectivity index (χ4v) is 3.27. The molecular formula is C12H14O6S. The van der Waals surface area contributed by atoms with E-state index in [-0.39, 0.29) is 4.90 Å². The molecule has 1 unspecified atom stereocenters. The zero-order chi connectivity index (χ0) is 14.0. The highest BCUT2D eigenvalue weighted by atomic mass is 32.2. The fraction of sp³-hybridized carbons (Fsp3) is 0.417. The van der Waals surface area contributed by atoms with Crippen LogP contribution in [0.5, 0.6) is 11.5 Å². The van der Waals surface area contributed by atoms with Crippen molar-refractivity contribution in [2.24, 2.45) is 5.92 Å². The van der Waals surface area contributed by atoms with Gasteiger partial charge in [-0.2, -0.15) is 0 Å². The molecule has 0 aromatic heterocycles. The van der Waals surface area contributed by atoms with Crippen LogP contribution in [0.2, 0.25) is 0 Å². The third kappa shape index (κ3) is 2.98. The molecule has 0 aliphatic carbocycles. The number of carboxylic acid groups (broad SMARTS) is 1. The molecule has 1 aliphatic rings. The molecule has 0 radical (unpaired) electrons. The van der Waals surface area contributed by atoms with Crippen LogP contribution in [-0.2, 0) is 14.6 Å². The highest BCUT2D eigenvalue weighted by Gasteiger charge is 2.24. The third-order valence-electron chi connectivity index (χ3n) is 2.76. The van der Waals surface area contributed by atoms with Gasteiger partial charge in [0.05, 0.1) is 16.6 Å². The minimum absolute atomic E-state index is 0.0462. The van der Waals surface area contributed by atoms with Crippen molar-refractivity contribution in [3.8, 4) is 11.5 Å². The summed E-state index contributed by atoms with van der Waals surface area (Å²) in [5.74, 6) is -1.67. The molecule has 6 nitrogen and oxygen atoms in total. The van der Waals surface area contributed by atoms with E-state index < -0.39 is 27.5 Å². The average molecular weight is 286 g/mol. The predicted molar refractivity (Wildman–Crippen MR) is 66.3 cm³/mol. The summed E-state index contributed by atoms with van der Waals surface area (Å²) >= 11 is 0. The van der Waals surface area contributed by atoms with E-state index in [1.165, 1.54) is 25.1 Å². The van der Waals surface area contributed by atoms with Gasteiger partial charge in [-0.05, 0) is 12.1 Å². The van der Waals surface area contributed by atoms with E-state index in [2.05, 4.69) is 0 Å². The summed E-state index contributed by atoms with van der Waals surface area (Å²) in [5.41, 5.74) is 0. The van der Waals surface area contributed by atoms with Gasteiger partial charge in [-0.15, -0.1) is 0 Å². The Morgan fingerprint density at radius 2 is 1.95 bits per heavy atom. The normalized spacial score (nSPS) is 15.8. The first-order valence-electron chi connectivity index (χ1n) is 5.75. The molecule has 1 N–H and O–H groups in total. The van der Waals surface area contributed by atoms with Crippen LogP contribution in [-0.4, -0.2) is 38.5 Å². The van der Waals surface area contributed by atoms with Gasteiger partial charge in [0.2, 0.25) is 0 Å². The molecule has 1 aromatic carbocycles. The number of ether oxygens (including phenoxy) is 2. The predicted octanol–water partition coefficient (Wildman–Crippen LogP) is 0.952. The number of sulfone groups is 1. The topological polar surface area (TPSA) is 89.9 Å². The van der Waals surface area contributed by atoms with Crippen LogP contribution >= 0.6 is 0 Å². The molecule has 19 heavy (non-hydrogen) atoms. The van der Waals surface area contributed by atoms with Gasteiger partial charge in [-0.3, -0.25) is 4.79 Å². The maximum atomic E-state index is 12.1. The molecule has 0 saturated carbocycles. The van der Waals surface area contributed by atoms with Crippen LogP contribution < -0.4 is 9.47 Å². The minimum atomic E-state index is -3.65. The Balaban J connectivity index is 2.28. The third-order valence-corrected chi connectivity index (χ3v) is 4.67. The zero-order valence-corrected chi connectivity index (χ0v) is 11.1. The Morgan fingerprint density at radius 3 is 2.58 bits per heavy atom. The molecule has 0 amide bonds. The van der Waals surface area contributed by atoms with Crippen LogP contribution in [0.25, 0.3) is 0 Å². The van der Waals surface area contributed by atoms with Crippen molar-refractivity contribution in [1.29, 1.82) is 0 Å². The molecule has 1 atom stereocenters. The Hall–Kier alpha value is -1.76. The van der Waals surface area contributed by atoms with Gasteiger partial charge in [-0.25, -0.2) is 8.42 Å². The molecule has 0 spiro atoms. The van der Waals surface area contributed by atoms with Gasteiger partial charge in [0.25, 0.3) is 0 Å². The van der Waals surface area contributed by atoms with Crippen LogP contribution in [0.1, 0.15) is 6.92 Å². The largest absolute Gasteiger partial charge is 0.486 e. The lowest BCUT2D eigenvalue weighted by molar-refractivity contribution is -0.140. The molecule has 104 valence electrons. The van der Waals surface area contributed by atoms with E-state index in [0.29, 0.717) is 24.7 Å². The molecule has 2 rings (SSSR count). The smallest absolute Gasteiger partial charge is 0.307 e. The van der Waals surface area contributed by atoms with Gasteiger partial charge in [0, 0.05) is 6.07 Å². The number of benzene rings is 1. The number of rotatable bonds is 4. The Labute approximate surface area is 110 Å². The molecule has 1 aliphatic heterocycles. The fourth-order valence-electron chi connectivity index (χ4n) is 1.71. The molecule has 7 heteroatoms. The van der Waals surface area contributed by atoms with Crippen molar-refractivity contribution in [2.45, 2.75) is 11.8 Å². The summed E-state index contributed by atoms with van der Waals surface area (Å²) in [5, 5.41) is 8.78. The standard InChI is InChI=1S/C12H14O6S/c1-8(12(13)14)7-19(15,16)9-2-3-10-11(6-9)18-5-4-17-10/h2-3,6,8H,4-5,7H2,1H3,(H,13,14). The number of fused-ring (bicyclic) bond motifs is 1. The van der Waals surface area contributed by atoms with E-state index in [9.17, 15) is 13.2 Å². The molecule has 1 aromatic rings. The second-order valence-electron chi connectivity index (χ2n) is 4.33. The van der Waals surface area contributed by atoms with Crippen LogP contribution in [0.3, 0.4) is 0 Å². The molecule has 0 bridgehead atoms. The van der Waals surface area contributed by atoms with E-state index >= 15 is 0 Å². The van der Waals surface area contributed by atoms with E-state index in [1.807, 2.05) is 0 Å². The number of hydrogen-bond donors (Lipinski definition) is 1. The van der Waals surface area contributed by atoms with Crippen LogP contribution in [0, 0.1) is 5.92 Å². The van der Waals surface area contributed by atoms with Crippen molar-refractivity contribution in [2.75, 3.05) is 19.0 Å². The maximum absolute atomic E-state index is 12.1. The van der Waals surface area contributed by atoms with Crippen molar-refractivity contribution >= 4 is 15.8 Å². The molecule has 0 saturated heterocycles. The summed E-state index contributed by atoms with van der Waals surface area (Å²) in [6.07, 6.45) is 0. The highest BCUT2D eigenvalue weighted by molar-refractivity contribution is 7.91. The quantitative estimate of drug-likeness (QED) is 0.886. The first-order chi connectivity index (χ1) is 8.90.